The van der Waals surface area contributed by atoms with Crippen LogP contribution in [-0.4, -0.2) is 25.1 Å². The molecule has 2 aliphatic rings. The lowest BCUT2D eigenvalue weighted by molar-refractivity contribution is 0.154. The Labute approximate surface area is 132 Å². The largest absolute Gasteiger partial charge is 0.496 e. The fraction of sp³-hybridized carbons (Fsp3) is 0.400. The molecular formula is C20H23NO. The van der Waals surface area contributed by atoms with Crippen LogP contribution < -0.4 is 4.74 Å². The highest BCUT2D eigenvalue weighted by Crippen LogP contribution is 2.47. The summed E-state index contributed by atoms with van der Waals surface area (Å²) in [5.74, 6) is 2.54. The normalized spacial score (nSPS) is 23.9. The maximum absolute atomic E-state index is 5.61. The molecule has 0 saturated carbocycles. The Balaban J connectivity index is 1.50. The minimum absolute atomic E-state index is 0.693. The fourth-order valence-electron chi connectivity index (χ4n) is 4.33. The van der Waals surface area contributed by atoms with Crippen molar-refractivity contribution in [1.82, 2.24) is 4.90 Å². The molecule has 1 fully saturated rings. The van der Waals surface area contributed by atoms with Gasteiger partial charge in [0, 0.05) is 18.7 Å². The van der Waals surface area contributed by atoms with E-state index in [1.54, 1.807) is 7.11 Å². The zero-order valence-corrected chi connectivity index (χ0v) is 13.2. The van der Waals surface area contributed by atoms with Gasteiger partial charge in [-0.15, -0.1) is 0 Å². The van der Waals surface area contributed by atoms with Crippen molar-refractivity contribution in [3.63, 3.8) is 0 Å². The van der Waals surface area contributed by atoms with Gasteiger partial charge in [0.25, 0.3) is 0 Å². The Kier molecular flexibility index (Phi) is 3.63. The monoisotopic (exact) mass is 293 g/mol. The van der Waals surface area contributed by atoms with E-state index in [2.05, 4.69) is 53.4 Å². The first-order valence-corrected chi connectivity index (χ1v) is 8.27. The molecule has 2 aromatic carbocycles. The molecule has 0 aromatic heterocycles. The molecule has 0 radical (unpaired) electrons. The number of rotatable bonds is 3. The Morgan fingerprint density at radius 1 is 1.09 bits per heavy atom. The van der Waals surface area contributed by atoms with Crippen molar-refractivity contribution in [2.24, 2.45) is 5.92 Å². The van der Waals surface area contributed by atoms with Gasteiger partial charge in [0.2, 0.25) is 0 Å². The Morgan fingerprint density at radius 3 is 2.77 bits per heavy atom. The van der Waals surface area contributed by atoms with Crippen molar-refractivity contribution >= 4 is 0 Å². The van der Waals surface area contributed by atoms with Gasteiger partial charge in [-0.25, -0.2) is 0 Å². The number of hydrogen-bond donors (Lipinski definition) is 0. The number of piperidine rings is 1. The molecule has 0 spiro atoms. The molecule has 0 amide bonds. The van der Waals surface area contributed by atoms with Crippen LogP contribution in [-0.2, 0) is 13.0 Å². The summed E-state index contributed by atoms with van der Waals surface area (Å²) in [5, 5.41) is 0. The van der Waals surface area contributed by atoms with Crippen molar-refractivity contribution in [1.29, 1.82) is 0 Å². The third kappa shape index (κ3) is 2.42. The summed E-state index contributed by atoms with van der Waals surface area (Å²) in [5.41, 5.74) is 4.43. The lowest BCUT2D eigenvalue weighted by atomic mass is 9.85. The molecule has 1 heterocycles. The molecule has 2 unspecified atom stereocenters. The van der Waals surface area contributed by atoms with Crippen LogP contribution in [0.5, 0.6) is 5.75 Å². The summed E-state index contributed by atoms with van der Waals surface area (Å²) in [7, 11) is 1.80. The van der Waals surface area contributed by atoms with E-state index in [1.165, 1.54) is 42.6 Å². The van der Waals surface area contributed by atoms with Crippen LogP contribution in [0.15, 0.2) is 48.5 Å². The summed E-state index contributed by atoms with van der Waals surface area (Å²) in [6.07, 6.45) is 2.47. The number of ether oxygens (including phenoxy) is 1. The van der Waals surface area contributed by atoms with Gasteiger partial charge in [0.15, 0.2) is 0 Å². The number of likely N-dealkylation sites (tertiary alicyclic amines) is 1. The van der Waals surface area contributed by atoms with E-state index >= 15 is 0 Å². The predicted octanol–water partition coefficient (Wildman–Crippen LogP) is 3.86. The molecule has 22 heavy (non-hydrogen) atoms. The van der Waals surface area contributed by atoms with Crippen LogP contribution >= 0.6 is 0 Å². The van der Waals surface area contributed by atoms with Crippen molar-refractivity contribution in [2.45, 2.75) is 25.3 Å². The molecule has 4 rings (SSSR count). The van der Waals surface area contributed by atoms with Crippen LogP contribution in [0.4, 0.5) is 0 Å². The highest BCUT2D eigenvalue weighted by molar-refractivity contribution is 5.47. The number of methoxy groups -OCH3 is 1. The molecule has 2 atom stereocenters. The molecule has 2 nitrogen and oxygen atoms in total. The molecule has 2 aromatic rings. The Morgan fingerprint density at radius 2 is 1.95 bits per heavy atom. The summed E-state index contributed by atoms with van der Waals surface area (Å²) < 4.78 is 5.61. The number of hydrogen-bond acceptors (Lipinski definition) is 2. The zero-order chi connectivity index (χ0) is 14.9. The SMILES string of the molecule is COc1cccc2c1C1CCN(Cc3ccccc3)CC1C2. The van der Waals surface area contributed by atoms with Crippen molar-refractivity contribution in [3.05, 3.63) is 65.2 Å². The molecule has 0 bridgehead atoms. The lowest BCUT2D eigenvalue weighted by Crippen LogP contribution is -2.37. The van der Waals surface area contributed by atoms with E-state index in [4.69, 9.17) is 4.74 Å². The van der Waals surface area contributed by atoms with E-state index in [0.717, 1.165) is 18.2 Å². The molecule has 1 aliphatic heterocycles. The average Bonchev–Trinajstić information content (AvgIpc) is 2.93. The second-order valence-corrected chi connectivity index (χ2v) is 6.61. The van der Waals surface area contributed by atoms with E-state index in [1.807, 2.05) is 0 Å². The van der Waals surface area contributed by atoms with Crippen LogP contribution in [0.1, 0.15) is 29.0 Å². The number of benzene rings is 2. The summed E-state index contributed by atoms with van der Waals surface area (Å²) >= 11 is 0. The third-order valence-corrected chi connectivity index (χ3v) is 5.30. The number of nitrogens with zero attached hydrogens (tertiary/aromatic N) is 1. The summed E-state index contributed by atoms with van der Waals surface area (Å²) in [4.78, 5) is 2.62. The summed E-state index contributed by atoms with van der Waals surface area (Å²) in [6.45, 7) is 3.47. The van der Waals surface area contributed by atoms with E-state index in [0.29, 0.717) is 5.92 Å². The van der Waals surface area contributed by atoms with Crippen LogP contribution in [0.25, 0.3) is 0 Å². The summed E-state index contributed by atoms with van der Waals surface area (Å²) in [6, 6.07) is 17.4. The molecule has 2 heteroatoms. The second kappa shape index (κ2) is 5.77. The Bertz CT molecular complexity index is 652. The van der Waals surface area contributed by atoms with E-state index < -0.39 is 0 Å². The van der Waals surface area contributed by atoms with Gasteiger partial charge in [-0.2, -0.15) is 0 Å². The Hall–Kier alpha value is -1.80. The van der Waals surface area contributed by atoms with Crippen molar-refractivity contribution in [3.8, 4) is 5.75 Å². The molecular weight excluding hydrogens is 270 g/mol. The van der Waals surface area contributed by atoms with Gasteiger partial charge >= 0.3 is 0 Å². The second-order valence-electron chi connectivity index (χ2n) is 6.61. The van der Waals surface area contributed by atoms with Crippen molar-refractivity contribution < 1.29 is 4.74 Å². The van der Waals surface area contributed by atoms with Crippen LogP contribution in [0, 0.1) is 5.92 Å². The third-order valence-electron chi connectivity index (χ3n) is 5.30. The molecule has 0 N–H and O–H groups in total. The lowest BCUT2D eigenvalue weighted by Gasteiger charge is -2.35. The zero-order valence-electron chi connectivity index (χ0n) is 13.2. The molecule has 1 aliphatic carbocycles. The molecule has 1 saturated heterocycles. The van der Waals surface area contributed by atoms with E-state index in [9.17, 15) is 0 Å². The van der Waals surface area contributed by atoms with Gasteiger partial charge < -0.3 is 4.74 Å². The van der Waals surface area contributed by atoms with Gasteiger partial charge in [-0.3, -0.25) is 4.90 Å². The first-order valence-electron chi connectivity index (χ1n) is 8.27. The minimum atomic E-state index is 0.693. The highest BCUT2D eigenvalue weighted by atomic mass is 16.5. The predicted molar refractivity (Wildman–Crippen MR) is 89.3 cm³/mol. The maximum Gasteiger partial charge on any atom is 0.122 e. The quantitative estimate of drug-likeness (QED) is 0.852. The number of fused-ring (bicyclic) bond motifs is 3. The standard InChI is InChI=1S/C20H23NO/c1-22-19-9-5-8-16-12-17-14-21(11-10-18(17)20(16)19)13-15-6-3-2-4-7-15/h2-9,17-18H,10-14H2,1H3. The fourth-order valence-corrected chi connectivity index (χ4v) is 4.33. The maximum atomic E-state index is 5.61. The average molecular weight is 293 g/mol. The van der Waals surface area contributed by atoms with Gasteiger partial charge in [-0.05, 0) is 48.4 Å². The van der Waals surface area contributed by atoms with Crippen LogP contribution in [0.3, 0.4) is 0 Å². The van der Waals surface area contributed by atoms with Gasteiger partial charge in [0.05, 0.1) is 7.11 Å². The van der Waals surface area contributed by atoms with Gasteiger partial charge in [-0.1, -0.05) is 42.5 Å². The first kappa shape index (κ1) is 13.8. The minimum Gasteiger partial charge on any atom is -0.496 e. The smallest absolute Gasteiger partial charge is 0.122 e. The van der Waals surface area contributed by atoms with Gasteiger partial charge in [0.1, 0.15) is 5.75 Å². The molecule has 114 valence electrons. The highest BCUT2D eigenvalue weighted by Gasteiger charge is 2.38. The van der Waals surface area contributed by atoms with E-state index in [-0.39, 0.29) is 0 Å². The van der Waals surface area contributed by atoms with Crippen molar-refractivity contribution in [2.75, 3.05) is 20.2 Å². The topological polar surface area (TPSA) is 12.5 Å². The van der Waals surface area contributed by atoms with Crippen LogP contribution in [0.2, 0.25) is 0 Å². The first-order chi connectivity index (χ1) is 10.8.